The highest BCUT2D eigenvalue weighted by Crippen LogP contribution is 2.43. The molecular formula is C19H13Cl2F7N2O2S. The summed E-state index contributed by atoms with van der Waals surface area (Å²) in [6, 6.07) is 4.41. The second kappa shape index (κ2) is 10.2. The third-order valence-electron chi connectivity index (χ3n) is 4.56. The molecule has 1 fully saturated rings. The third kappa shape index (κ3) is 5.79. The van der Waals surface area contributed by atoms with E-state index >= 15 is 0 Å². The van der Waals surface area contributed by atoms with Crippen molar-refractivity contribution in [2.45, 2.75) is 11.1 Å². The number of alkyl halides is 3. The Hall–Kier alpha value is -1.89. The molecule has 0 aromatic heterocycles. The molecule has 2 aromatic rings. The number of amides is 1. The Morgan fingerprint density at radius 3 is 2.15 bits per heavy atom. The minimum Gasteiger partial charge on any atom is -0.482 e. The van der Waals surface area contributed by atoms with Gasteiger partial charge in [0.15, 0.2) is 29.9 Å². The number of ether oxygens (including phenoxy) is 1. The van der Waals surface area contributed by atoms with Crippen molar-refractivity contribution in [1.82, 2.24) is 9.21 Å². The van der Waals surface area contributed by atoms with Gasteiger partial charge < -0.3 is 9.64 Å². The lowest BCUT2D eigenvalue weighted by atomic mass is 10.2. The number of nitrogens with zero attached hydrogens (tertiary/aromatic N) is 2. The molecule has 1 amide bonds. The van der Waals surface area contributed by atoms with Crippen LogP contribution >= 0.6 is 35.1 Å². The predicted molar refractivity (Wildman–Crippen MR) is 107 cm³/mol. The molecule has 1 saturated heterocycles. The first-order valence-corrected chi connectivity index (χ1v) is 10.6. The molecule has 0 bridgehead atoms. The molecule has 3 rings (SSSR count). The lowest BCUT2D eigenvalue weighted by Gasteiger charge is -2.34. The van der Waals surface area contributed by atoms with E-state index in [-0.39, 0.29) is 55.5 Å². The van der Waals surface area contributed by atoms with Gasteiger partial charge in [-0.25, -0.2) is 21.9 Å². The van der Waals surface area contributed by atoms with Crippen LogP contribution in [-0.4, -0.2) is 47.9 Å². The molecule has 4 nitrogen and oxygen atoms in total. The molecule has 0 aliphatic carbocycles. The van der Waals surface area contributed by atoms with Crippen LogP contribution in [0.25, 0.3) is 0 Å². The average molecular weight is 537 g/mol. The maximum Gasteiger partial charge on any atom is 0.420 e. The van der Waals surface area contributed by atoms with Gasteiger partial charge in [0.05, 0.1) is 9.92 Å². The summed E-state index contributed by atoms with van der Waals surface area (Å²) < 4.78 is 101. The van der Waals surface area contributed by atoms with Crippen LogP contribution in [0.2, 0.25) is 10.0 Å². The monoisotopic (exact) mass is 536 g/mol. The molecule has 0 saturated carbocycles. The van der Waals surface area contributed by atoms with E-state index in [9.17, 15) is 35.5 Å². The molecule has 0 radical (unpaired) electrons. The number of hydrogen-bond donors (Lipinski definition) is 0. The third-order valence-corrected chi connectivity index (χ3v) is 6.28. The Balaban J connectivity index is 1.64. The fourth-order valence-corrected chi connectivity index (χ4v) is 4.46. The van der Waals surface area contributed by atoms with E-state index in [0.29, 0.717) is 5.02 Å². The Labute approximate surface area is 197 Å². The Morgan fingerprint density at radius 2 is 1.58 bits per heavy atom. The first-order chi connectivity index (χ1) is 15.4. The van der Waals surface area contributed by atoms with Crippen molar-refractivity contribution < 1.29 is 40.3 Å². The number of halogens is 9. The molecule has 1 aliphatic heterocycles. The molecule has 0 unspecified atom stereocenters. The SMILES string of the molecule is O=C(COc1ccc(Cl)cc1Cl)N1CCN(Sc2c(F)c(F)c(F)c(F)c2C(F)(F)F)CC1. The standard InChI is InChI=1S/C19H13Cl2F7N2O2S/c20-9-1-2-11(10(21)7-9)32-8-12(31)29-3-5-30(6-4-29)33-18-13(19(26,27)28)14(22)15(23)16(24)17(18)25/h1-2,7H,3-6,8H2. The van der Waals surface area contributed by atoms with Crippen molar-refractivity contribution in [3.63, 3.8) is 0 Å². The number of carbonyl (C=O) groups is 1. The van der Waals surface area contributed by atoms with Gasteiger partial charge in [-0.1, -0.05) is 23.2 Å². The fourth-order valence-electron chi connectivity index (χ4n) is 2.93. The molecule has 0 N–H and O–H groups in total. The van der Waals surface area contributed by atoms with Crippen molar-refractivity contribution in [2.75, 3.05) is 32.8 Å². The average Bonchev–Trinajstić information content (AvgIpc) is 2.74. The second-order valence-electron chi connectivity index (χ2n) is 6.72. The normalized spacial score (nSPS) is 15.1. The molecule has 1 heterocycles. The van der Waals surface area contributed by atoms with Crippen LogP contribution in [0, 0.1) is 23.3 Å². The summed E-state index contributed by atoms with van der Waals surface area (Å²) in [4.78, 5) is 12.3. The lowest BCUT2D eigenvalue weighted by molar-refractivity contribution is -0.143. The maximum atomic E-state index is 14.1. The quantitative estimate of drug-likeness (QED) is 0.209. The Kier molecular flexibility index (Phi) is 7.92. The van der Waals surface area contributed by atoms with Gasteiger partial charge in [-0.05, 0) is 30.1 Å². The van der Waals surface area contributed by atoms with Crippen molar-refractivity contribution in [3.05, 3.63) is 57.1 Å². The smallest absolute Gasteiger partial charge is 0.420 e. The zero-order valence-electron chi connectivity index (χ0n) is 16.3. The maximum absolute atomic E-state index is 14.1. The van der Waals surface area contributed by atoms with Crippen molar-refractivity contribution >= 4 is 41.1 Å². The first kappa shape index (κ1) is 25.7. The van der Waals surface area contributed by atoms with Crippen molar-refractivity contribution in [1.29, 1.82) is 0 Å². The van der Waals surface area contributed by atoms with Gasteiger partial charge in [0.2, 0.25) is 0 Å². The zero-order valence-corrected chi connectivity index (χ0v) is 18.6. The summed E-state index contributed by atoms with van der Waals surface area (Å²) >= 11 is 11.8. The zero-order chi connectivity index (χ0) is 24.5. The molecule has 2 aromatic carbocycles. The number of rotatable bonds is 5. The Morgan fingerprint density at radius 1 is 0.970 bits per heavy atom. The molecule has 180 valence electrons. The topological polar surface area (TPSA) is 32.8 Å². The highest BCUT2D eigenvalue weighted by Gasteiger charge is 2.43. The van der Waals surface area contributed by atoms with Gasteiger partial charge in [0, 0.05) is 31.2 Å². The minimum absolute atomic E-state index is 0.0126. The number of carbonyl (C=O) groups excluding carboxylic acids is 1. The summed E-state index contributed by atoms with van der Waals surface area (Å²) in [5.41, 5.74) is -2.23. The first-order valence-electron chi connectivity index (χ1n) is 9.11. The molecule has 0 atom stereocenters. The van der Waals surface area contributed by atoms with E-state index in [2.05, 4.69) is 0 Å². The summed E-state index contributed by atoms with van der Waals surface area (Å²) in [5, 5.41) is 0.566. The minimum atomic E-state index is -5.46. The number of piperazine rings is 1. The summed E-state index contributed by atoms with van der Waals surface area (Å²) in [6.07, 6.45) is -5.46. The van der Waals surface area contributed by atoms with Crippen LogP contribution in [0.4, 0.5) is 30.7 Å². The van der Waals surface area contributed by atoms with Gasteiger partial charge in [0.1, 0.15) is 11.3 Å². The van der Waals surface area contributed by atoms with Crippen LogP contribution in [0.3, 0.4) is 0 Å². The molecule has 1 aliphatic rings. The largest absolute Gasteiger partial charge is 0.482 e. The highest BCUT2D eigenvalue weighted by molar-refractivity contribution is 7.97. The van der Waals surface area contributed by atoms with Crippen molar-refractivity contribution in [2.24, 2.45) is 0 Å². The predicted octanol–water partition coefficient (Wildman–Crippen LogP) is 5.80. The van der Waals surface area contributed by atoms with Crippen LogP contribution < -0.4 is 4.74 Å². The van der Waals surface area contributed by atoms with E-state index in [0.717, 1.165) is 0 Å². The van der Waals surface area contributed by atoms with E-state index in [1.807, 2.05) is 0 Å². The lowest BCUT2D eigenvalue weighted by Crippen LogP contribution is -2.47. The van der Waals surface area contributed by atoms with Gasteiger partial charge >= 0.3 is 6.18 Å². The summed E-state index contributed by atoms with van der Waals surface area (Å²) in [7, 11) is 0. The van der Waals surface area contributed by atoms with Gasteiger partial charge in [-0.2, -0.15) is 13.2 Å². The highest BCUT2D eigenvalue weighted by atomic mass is 35.5. The van der Waals surface area contributed by atoms with Crippen molar-refractivity contribution in [3.8, 4) is 5.75 Å². The van der Waals surface area contributed by atoms with Crippen LogP contribution in [0.5, 0.6) is 5.75 Å². The molecular weight excluding hydrogens is 524 g/mol. The summed E-state index contributed by atoms with van der Waals surface area (Å²) in [6.45, 7) is -0.474. The molecule has 0 spiro atoms. The summed E-state index contributed by atoms with van der Waals surface area (Å²) in [5.74, 6) is -9.77. The van der Waals surface area contributed by atoms with Gasteiger partial charge in [-0.3, -0.25) is 4.79 Å². The van der Waals surface area contributed by atoms with E-state index in [4.69, 9.17) is 27.9 Å². The van der Waals surface area contributed by atoms with E-state index in [1.54, 1.807) is 0 Å². The molecule has 14 heteroatoms. The Bertz CT molecular complexity index is 1060. The van der Waals surface area contributed by atoms with Gasteiger partial charge in [-0.15, -0.1) is 0 Å². The van der Waals surface area contributed by atoms with Crippen LogP contribution in [0.15, 0.2) is 23.1 Å². The van der Waals surface area contributed by atoms with E-state index in [1.165, 1.54) is 27.4 Å². The molecule has 33 heavy (non-hydrogen) atoms. The number of benzene rings is 2. The number of hydrogen-bond acceptors (Lipinski definition) is 4. The second-order valence-corrected chi connectivity index (χ2v) is 8.67. The van der Waals surface area contributed by atoms with Gasteiger partial charge in [0.25, 0.3) is 5.91 Å². The van der Waals surface area contributed by atoms with Crippen LogP contribution in [0.1, 0.15) is 5.56 Å². The fraction of sp³-hybridized carbons (Fsp3) is 0.316. The van der Waals surface area contributed by atoms with Crippen LogP contribution in [-0.2, 0) is 11.0 Å². The van der Waals surface area contributed by atoms with E-state index < -0.39 is 45.8 Å².